The zero-order chi connectivity index (χ0) is 33.1. The number of nitrogens with zero attached hydrogens (tertiary/aromatic N) is 1. The van der Waals surface area contributed by atoms with Gasteiger partial charge in [-0.3, -0.25) is 29.3 Å². The van der Waals surface area contributed by atoms with Crippen LogP contribution in [0.1, 0.15) is 85.5 Å². The summed E-state index contributed by atoms with van der Waals surface area (Å²) >= 11 is 0. The molecule has 2 rings (SSSR count). The van der Waals surface area contributed by atoms with Crippen molar-refractivity contribution >= 4 is 35.3 Å². The molecule has 1 saturated heterocycles. The summed E-state index contributed by atoms with van der Waals surface area (Å²) in [4.78, 5) is 78.4. The first kappa shape index (κ1) is 37.2. The van der Waals surface area contributed by atoms with Gasteiger partial charge in [0.1, 0.15) is 18.2 Å². The molecular formula is C31H50N6O6. The van der Waals surface area contributed by atoms with Gasteiger partial charge >= 0.3 is 6.03 Å². The lowest BCUT2D eigenvalue weighted by Gasteiger charge is -2.36. The number of ketones is 2. The molecule has 0 spiro atoms. The SMILES string of the molecule is CC.CC(C)NC(NC(=O)[C@@H]1CCCN1C(=O)C(NC(=O)NC(C(=O)c1ccccc1)C(C)C)C(C)(C)C)C(=O)C(N)=O. The Hall–Kier alpha value is -3.80. The van der Waals surface area contributed by atoms with Gasteiger partial charge in [-0.05, 0) is 38.0 Å². The summed E-state index contributed by atoms with van der Waals surface area (Å²) in [5.74, 6) is -3.76. The third-order valence-electron chi connectivity index (χ3n) is 6.81. The van der Waals surface area contributed by atoms with E-state index in [0.29, 0.717) is 18.4 Å². The highest BCUT2D eigenvalue weighted by Gasteiger charge is 2.43. The smallest absolute Gasteiger partial charge is 0.316 e. The van der Waals surface area contributed by atoms with Crippen molar-refractivity contribution in [3.63, 3.8) is 0 Å². The second kappa shape index (κ2) is 16.7. The van der Waals surface area contributed by atoms with Gasteiger partial charge in [-0.25, -0.2) is 4.79 Å². The number of hydrogen-bond donors (Lipinski definition) is 5. The Kier molecular flexibility index (Phi) is 14.5. The lowest BCUT2D eigenvalue weighted by Crippen LogP contribution is -2.62. The van der Waals surface area contributed by atoms with E-state index in [9.17, 15) is 28.8 Å². The first-order valence-electron chi connectivity index (χ1n) is 14.9. The minimum absolute atomic E-state index is 0.223. The van der Waals surface area contributed by atoms with Gasteiger partial charge in [-0.2, -0.15) is 0 Å². The number of amides is 5. The monoisotopic (exact) mass is 602 g/mol. The topological polar surface area (TPSA) is 180 Å². The van der Waals surface area contributed by atoms with E-state index < -0.39 is 59.2 Å². The molecule has 0 bridgehead atoms. The molecule has 1 aromatic carbocycles. The molecule has 12 nitrogen and oxygen atoms in total. The van der Waals surface area contributed by atoms with Crippen molar-refractivity contribution in [2.45, 2.75) is 105 Å². The highest BCUT2D eigenvalue weighted by molar-refractivity contribution is 6.37. The lowest BCUT2D eigenvalue weighted by atomic mass is 9.85. The molecule has 1 aromatic rings. The summed E-state index contributed by atoms with van der Waals surface area (Å²) in [5, 5.41) is 10.8. The van der Waals surface area contributed by atoms with Gasteiger partial charge in [0.15, 0.2) is 5.78 Å². The number of likely N-dealkylation sites (tertiary alicyclic amines) is 1. The van der Waals surface area contributed by atoms with E-state index >= 15 is 0 Å². The molecule has 1 aliphatic rings. The van der Waals surface area contributed by atoms with Crippen LogP contribution in [-0.2, 0) is 19.2 Å². The Morgan fingerprint density at radius 2 is 1.49 bits per heavy atom. The Labute approximate surface area is 255 Å². The standard InChI is InChI=1S/C29H44N6O6.C2H6/c1-16(2)20(21(36)18-12-9-8-10-13-18)32-28(41)33-23(29(5,6)7)27(40)35-15-11-14-19(35)26(39)34-25(31-17(3)4)22(37)24(30)38;1-2/h8-10,12-13,16-17,19-20,23,25,31H,11,14-15H2,1-7H3,(H2,30,38)(H,34,39)(H2,32,33,41);1-2H3/t19-,20?,23?,25?;/m0./s1. The molecule has 43 heavy (non-hydrogen) atoms. The molecule has 6 N–H and O–H groups in total. The van der Waals surface area contributed by atoms with Crippen LogP contribution >= 0.6 is 0 Å². The van der Waals surface area contributed by atoms with Crippen LogP contribution in [0.2, 0.25) is 0 Å². The van der Waals surface area contributed by atoms with Crippen LogP contribution in [0.5, 0.6) is 0 Å². The molecule has 12 heteroatoms. The van der Waals surface area contributed by atoms with E-state index in [1.807, 2.05) is 27.7 Å². The number of carbonyl (C=O) groups excluding carboxylic acids is 6. The van der Waals surface area contributed by atoms with Crippen molar-refractivity contribution in [3.8, 4) is 0 Å². The van der Waals surface area contributed by atoms with Gasteiger partial charge in [0, 0.05) is 18.2 Å². The van der Waals surface area contributed by atoms with Gasteiger partial charge in [-0.1, -0.05) is 78.8 Å². The molecule has 1 fully saturated rings. The van der Waals surface area contributed by atoms with Crippen LogP contribution in [0.4, 0.5) is 4.79 Å². The number of benzene rings is 1. The number of nitrogens with one attached hydrogen (secondary N) is 4. The maximum atomic E-state index is 13.8. The van der Waals surface area contributed by atoms with E-state index in [-0.39, 0.29) is 24.3 Å². The normalized spacial score (nSPS) is 16.8. The van der Waals surface area contributed by atoms with Crippen LogP contribution in [0.3, 0.4) is 0 Å². The Morgan fingerprint density at radius 3 is 1.98 bits per heavy atom. The van der Waals surface area contributed by atoms with E-state index in [4.69, 9.17) is 5.73 Å². The first-order chi connectivity index (χ1) is 20.0. The minimum atomic E-state index is -1.34. The van der Waals surface area contributed by atoms with Crippen molar-refractivity contribution in [3.05, 3.63) is 35.9 Å². The van der Waals surface area contributed by atoms with Crippen LogP contribution in [-0.4, -0.2) is 77.1 Å². The molecule has 3 unspecified atom stereocenters. The number of hydrogen-bond acceptors (Lipinski definition) is 7. The Morgan fingerprint density at radius 1 is 0.907 bits per heavy atom. The lowest BCUT2D eigenvalue weighted by molar-refractivity contribution is -0.143. The maximum absolute atomic E-state index is 13.8. The van der Waals surface area contributed by atoms with Crippen LogP contribution in [0.15, 0.2) is 30.3 Å². The second-order valence-corrected chi connectivity index (χ2v) is 12.0. The Bertz CT molecular complexity index is 1130. The summed E-state index contributed by atoms with van der Waals surface area (Å²) in [6.07, 6.45) is -0.476. The zero-order valence-corrected chi connectivity index (χ0v) is 26.9. The van der Waals surface area contributed by atoms with Crippen molar-refractivity contribution in [2.75, 3.05) is 6.54 Å². The van der Waals surface area contributed by atoms with E-state index in [2.05, 4.69) is 21.3 Å². The van der Waals surface area contributed by atoms with Crippen molar-refractivity contribution in [2.24, 2.45) is 17.1 Å². The zero-order valence-electron chi connectivity index (χ0n) is 26.9. The third-order valence-corrected chi connectivity index (χ3v) is 6.81. The number of rotatable bonds is 12. The van der Waals surface area contributed by atoms with Crippen molar-refractivity contribution in [1.29, 1.82) is 0 Å². The van der Waals surface area contributed by atoms with E-state index in [0.717, 1.165) is 0 Å². The van der Waals surface area contributed by atoms with E-state index in [1.165, 1.54) is 4.90 Å². The highest BCUT2D eigenvalue weighted by Crippen LogP contribution is 2.26. The molecule has 1 heterocycles. The van der Waals surface area contributed by atoms with Crippen molar-refractivity contribution in [1.82, 2.24) is 26.2 Å². The molecule has 5 amide bonds. The minimum Gasteiger partial charge on any atom is -0.363 e. The number of nitrogens with two attached hydrogens (primary N) is 1. The van der Waals surface area contributed by atoms with Gasteiger partial charge in [0.05, 0.1) is 6.04 Å². The van der Waals surface area contributed by atoms with Gasteiger partial charge in [-0.15, -0.1) is 0 Å². The molecule has 240 valence electrons. The molecule has 0 saturated carbocycles. The van der Waals surface area contributed by atoms with Gasteiger partial charge in [0.25, 0.3) is 11.7 Å². The van der Waals surface area contributed by atoms with Gasteiger partial charge < -0.3 is 26.6 Å². The quantitative estimate of drug-likeness (QED) is 0.138. The fourth-order valence-electron chi connectivity index (χ4n) is 4.65. The Balaban J connectivity index is 0.00000452. The summed E-state index contributed by atoms with van der Waals surface area (Å²) < 4.78 is 0. The summed E-state index contributed by atoms with van der Waals surface area (Å²) in [5.41, 5.74) is 4.85. The second-order valence-electron chi connectivity index (χ2n) is 12.0. The summed E-state index contributed by atoms with van der Waals surface area (Å²) in [6.45, 7) is 16.7. The number of urea groups is 1. The highest BCUT2D eigenvalue weighted by atomic mass is 16.2. The summed E-state index contributed by atoms with van der Waals surface area (Å²) in [7, 11) is 0. The molecule has 0 aliphatic carbocycles. The fraction of sp³-hybridized carbons (Fsp3) is 0.613. The third kappa shape index (κ3) is 10.8. The average Bonchev–Trinajstić information content (AvgIpc) is 3.44. The van der Waals surface area contributed by atoms with Crippen LogP contribution in [0, 0.1) is 11.3 Å². The first-order valence-corrected chi connectivity index (χ1v) is 14.9. The molecule has 1 aliphatic heterocycles. The largest absolute Gasteiger partial charge is 0.363 e. The predicted molar refractivity (Wildman–Crippen MR) is 165 cm³/mol. The van der Waals surface area contributed by atoms with Crippen LogP contribution in [0.25, 0.3) is 0 Å². The van der Waals surface area contributed by atoms with Crippen molar-refractivity contribution < 1.29 is 28.8 Å². The fourth-order valence-corrected chi connectivity index (χ4v) is 4.65. The average molecular weight is 603 g/mol. The summed E-state index contributed by atoms with van der Waals surface area (Å²) in [6, 6.07) is 4.92. The molecular weight excluding hydrogens is 552 g/mol. The van der Waals surface area contributed by atoms with Crippen LogP contribution < -0.4 is 27.0 Å². The number of primary amides is 1. The molecule has 0 radical (unpaired) electrons. The number of Topliss-reactive ketones (excluding diaryl/α,β-unsaturated/α-hetero) is 2. The maximum Gasteiger partial charge on any atom is 0.316 e. The molecule has 0 aromatic heterocycles. The molecule has 4 atom stereocenters. The van der Waals surface area contributed by atoms with E-state index in [1.54, 1.807) is 65.0 Å². The predicted octanol–water partition coefficient (Wildman–Crippen LogP) is 2.12. The number of carbonyl (C=O) groups is 6. The van der Waals surface area contributed by atoms with Gasteiger partial charge in [0.2, 0.25) is 11.8 Å².